The zero-order valence-electron chi connectivity index (χ0n) is 11.6. The number of carbonyl (C=O) groups excluding carboxylic acids is 1. The summed E-state index contributed by atoms with van der Waals surface area (Å²) in [4.78, 5) is 12.1. The molecule has 0 aliphatic heterocycles. The normalized spacial score (nSPS) is 12.1. The van der Waals surface area contributed by atoms with Gasteiger partial charge >= 0.3 is 0 Å². The number of carbonyl (C=O) groups is 1. The van der Waals surface area contributed by atoms with Crippen molar-refractivity contribution < 1.29 is 9.53 Å². The van der Waals surface area contributed by atoms with E-state index in [1.807, 2.05) is 30.3 Å². The minimum Gasteiger partial charge on any atom is -0.496 e. The molecule has 0 spiro atoms. The lowest BCUT2D eigenvalue weighted by atomic mass is 10.1. The van der Waals surface area contributed by atoms with Crippen molar-refractivity contribution in [1.82, 2.24) is 5.32 Å². The van der Waals surface area contributed by atoms with E-state index in [1.54, 1.807) is 12.5 Å². The average Bonchev–Trinajstić information content (AvgIpc) is 2.94. The molecule has 0 aliphatic rings. The van der Waals surface area contributed by atoms with Gasteiger partial charge in [0, 0.05) is 28.4 Å². The summed E-state index contributed by atoms with van der Waals surface area (Å²) in [5, 5.41) is 5.21. The Morgan fingerprint density at radius 3 is 2.85 bits per heavy atom. The molecule has 2 rings (SSSR count). The Morgan fingerprint density at radius 1 is 1.45 bits per heavy atom. The molecular formula is C15H18N2O2S. The zero-order chi connectivity index (χ0) is 14.5. The van der Waals surface area contributed by atoms with Crippen LogP contribution in [0.3, 0.4) is 0 Å². The van der Waals surface area contributed by atoms with Gasteiger partial charge in [-0.25, -0.2) is 0 Å². The second-order valence-corrected chi connectivity index (χ2v) is 5.51. The highest BCUT2D eigenvalue weighted by Crippen LogP contribution is 2.25. The van der Waals surface area contributed by atoms with Crippen LogP contribution in [0.4, 0.5) is 0 Å². The number of benzene rings is 1. The van der Waals surface area contributed by atoms with Crippen LogP contribution in [0, 0.1) is 0 Å². The van der Waals surface area contributed by atoms with Crippen molar-refractivity contribution in [3.8, 4) is 5.75 Å². The summed E-state index contributed by atoms with van der Waals surface area (Å²) in [5.74, 6) is 0.488. The molecule has 0 saturated heterocycles. The number of para-hydroxylation sites is 1. The Hall–Kier alpha value is -1.85. The van der Waals surface area contributed by atoms with Crippen LogP contribution >= 0.6 is 11.3 Å². The van der Waals surface area contributed by atoms with Gasteiger partial charge in [-0.1, -0.05) is 18.2 Å². The molecular weight excluding hydrogens is 272 g/mol. The molecule has 0 bridgehead atoms. The molecule has 1 aromatic carbocycles. The van der Waals surface area contributed by atoms with Crippen molar-refractivity contribution in [3.63, 3.8) is 0 Å². The third-order valence-corrected chi connectivity index (χ3v) is 4.06. The zero-order valence-corrected chi connectivity index (χ0v) is 12.4. The van der Waals surface area contributed by atoms with Gasteiger partial charge in [0.15, 0.2) is 0 Å². The Labute approximate surface area is 122 Å². The first-order valence-corrected chi connectivity index (χ1v) is 7.23. The van der Waals surface area contributed by atoms with Gasteiger partial charge < -0.3 is 15.8 Å². The number of amides is 1. The lowest BCUT2D eigenvalue weighted by Crippen LogP contribution is -2.18. The van der Waals surface area contributed by atoms with Crippen LogP contribution in [-0.4, -0.2) is 13.0 Å². The maximum atomic E-state index is 11.0. The van der Waals surface area contributed by atoms with E-state index in [1.165, 1.54) is 11.3 Å². The van der Waals surface area contributed by atoms with E-state index in [0.29, 0.717) is 12.1 Å². The van der Waals surface area contributed by atoms with Crippen LogP contribution in [0.2, 0.25) is 0 Å². The topological polar surface area (TPSA) is 64.3 Å². The van der Waals surface area contributed by atoms with Gasteiger partial charge in [0.2, 0.25) is 5.91 Å². The number of ether oxygens (including phenoxy) is 1. The van der Waals surface area contributed by atoms with E-state index in [2.05, 4.69) is 12.2 Å². The summed E-state index contributed by atoms with van der Waals surface area (Å²) in [7, 11) is 1.67. The third-order valence-electron chi connectivity index (χ3n) is 3.13. The van der Waals surface area contributed by atoms with E-state index in [9.17, 15) is 4.79 Å². The summed E-state index contributed by atoms with van der Waals surface area (Å²) >= 11 is 1.53. The first kappa shape index (κ1) is 14.6. The monoisotopic (exact) mass is 290 g/mol. The fourth-order valence-corrected chi connectivity index (χ4v) is 2.81. The molecule has 1 amide bonds. The van der Waals surface area contributed by atoms with Gasteiger partial charge in [-0.2, -0.15) is 0 Å². The molecule has 106 valence electrons. The second kappa shape index (κ2) is 6.54. The van der Waals surface area contributed by atoms with E-state index in [4.69, 9.17) is 10.5 Å². The standard InChI is InChI=1S/C15H18N2O2S/c1-10(13-5-3-4-6-14(13)19-2)17-8-12-7-11(9-20-12)15(16)18/h3-7,9-10,17H,8H2,1-2H3,(H2,16,18)/t10-/m1/s1. The SMILES string of the molecule is COc1ccccc1[C@@H](C)NCc1cc(C(N)=O)cs1. The smallest absolute Gasteiger partial charge is 0.249 e. The van der Waals surface area contributed by atoms with Gasteiger partial charge in [-0.3, -0.25) is 4.79 Å². The number of nitrogens with two attached hydrogens (primary N) is 1. The quantitative estimate of drug-likeness (QED) is 0.859. The number of hydrogen-bond acceptors (Lipinski definition) is 4. The van der Waals surface area contributed by atoms with E-state index in [0.717, 1.165) is 16.2 Å². The second-order valence-electron chi connectivity index (χ2n) is 4.51. The summed E-state index contributed by atoms with van der Waals surface area (Å²) in [6.07, 6.45) is 0. The fourth-order valence-electron chi connectivity index (χ4n) is 1.99. The highest BCUT2D eigenvalue weighted by molar-refractivity contribution is 7.10. The molecule has 0 fully saturated rings. The van der Waals surface area contributed by atoms with Gasteiger partial charge in [-0.15, -0.1) is 11.3 Å². The van der Waals surface area contributed by atoms with Crippen molar-refractivity contribution in [2.24, 2.45) is 5.73 Å². The van der Waals surface area contributed by atoms with Crippen molar-refractivity contribution in [2.45, 2.75) is 19.5 Å². The van der Waals surface area contributed by atoms with E-state index in [-0.39, 0.29) is 11.9 Å². The molecule has 2 aromatic rings. The fraction of sp³-hybridized carbons (Fsp3) is 0.267. The summed E-state index contributed by atoms with van der Waals surface area (Å²) in [6.45, 7) is 2.78. The molecule has 0 radical (unpaired) electrons. The molecule has 1 heterocycles. The Kier molecular flexibility index (Phi) is 4.76. The molecule has 3 N–H and O–H groups in total. The Morgan fingerprint density at radius 2 is 2.20 bits per heavy atom. The number of methoxy groups -OCH3 is 1. The molecule has 5 heteroatoms. The lowest BCUT2D eigenvalue weighted by Gasteiger charge is -2.16. The number of primary amides is 1. The maximum absolute atomic E-state index is 11.0. The molecule has 0 saturated carbocycles. The Balaban J connectivity index is 2.00. The predicted molar refractivity (Wildman–Crippen MR) is 81.1 cm³/mol. The number of rotatable bonds is 6. The van der Waals surface area contributed by atoms with Crippen LogP contribution in [-0.2, 0) is 6.54 Å². The van der Waals surface area contributed by atoms with Crippen molar-refractivity contribution in [2.75, 3.05) is 7.11 Å². The van der Waals surface area contributed by atoms with Crippen molar-refractivity contribution >= 4 is 17.2 Å². The highest BCUT2D eigenvalue weighted by atomic mass is 32.1. The van der Waals surface area contributed by atoms with Crippen LogP contribution in [0.25, 0.3) is 0 Å². The summed E-state index contributed by atoms with van der Waals surface area (Å²) in [6, 6.07) is 9.92. The third kappa shape index (κ3) is 3.37. The Bertz CT molecular complexity index is 595. The van der Waals surface area contributed by atoms with E-state index < -0.39 is 0 Å². The van der Waals surface area contributed by atoms with Crippen LogP contribution in [0.1, 0.15) is 33.8 Å². The molecule has 0 unspecified atom stereocenters. The molecule has 4 nitrogen and oxygen atoms in total. The van der Waals surface area contributed by atoms with Crippen LogP contribution < -0.4 is 15.8 Å². The van der Waals surface area contributed by atoms with Gasteiger partial charge in [0.25, 0.3) is 0 Å². The van der Waals surface area contributed by atoms with Crippen LogP contribution in [0.5, 0.6) is 5.75 Å². The van der Waals surface area contributed by atoms with Crippen molar-refractivity contribution in [1.29, 1.82) is 0 Å². The van der Waals surface area contributed by atoms with Gasteiger partial charge in [0.05, 0.1) is 12.7 Å². The minimum absolute atomic E-state index is 0.158. The van der Waals surface area contributed by atoms with Gasteiger partial charge in [0.1, 0.15) is 5.75 Å². The maximum Gasteiger partial charge on any atom is 0.249 e. The molecule has 1 aromatic heterocycles. The van der Waals surface area contributed by atoms with Gasteiger partial charge in [-0.05, 0) is 19.1 Å². The van der Waals surface area contributed by atoms with Crippen molar-refractivity contribution in [3.05, 3.63) is 51.7 Å². The average molecular weight is 290 g/mol. The molecule has 0 aliphatic carbocycles. The number of nitrogens with one attached hydrogen (secondary N) is 1. The highest BCUT2D eigenvalue weighted by Gasteiger charge is 2.11. The predicted octanol–water partition coefficient (Wildman–Crippen LogP) is 2.71. The first-order valence-electron chi connectivity index (χ1n) is 6.35. The first-order chi connectivity index (χ1) is 9.61. The molecule has 20 heavy (non-hydrogen) atoms. The summed E-state index contributed by atoms with van der Waals surface area (Å²) in [5.41, 5.74) is 6.92. The number of hydrogen-bond donors (Lipinski definition) is 2. The number of thiophene rings is 1. The van der Waals surface area contributed by atoms with E-state index >= 15 is 0 Å². The molecule has 1 atom stereocenters. The summed E-state index contributed by atoms with van der Waals surface area (Å²) < 4.78 is 5.36. The minimum atomic E-state index is -0.384. The largest absolute Gasteiger partial charge is 0.496 e. The van der Waals surface area contributed by atoms with Crippen LogP contribution in [0.15, 0.2) is 35.7 Å². The lowest BCUT2D eigenvalue weighted by molar-refractivity contribution is 0.100.